The number of rotatable bonds is 5. The van der Waals surface area contributed by atoms with E-state index in [-0.39, 0.29) is 6.61 Å². The Kier molecular flexibility index (Phi) is 5.12. The van der Waals surface area contributed by atoms with Crippen LogP contribution in [-0.4, -0.2) is 42.4 Å². The van der Waals surface area contributed by atoms with Crippen LogP contribution in [0.25, 0.3) is 0 Å². The molecule has 0 bridgehead atoms. The Balaban J connectivity index is 4.00. The van der Waals surface area contributed by atoms with E-state index in [1.54, 1.807) is 0 Å². The van der Waals surface area contributed by atoms with Gasteiger partial charge in [0.05, 0.1) is 6.61 Å². The molecule has 0 aromatic rings. The molecule has 0 saturated carbocycles. The lowest BCUT2D eigenvalue weighted by atomic mass is 10.3. The van der Waals surface area contributed by atoms with E-state index < -0.39 is 19.8 Å². The van der Waals surface area contributed by atoms with Crippen molar-refractivity contribution in [2.45, 2.75) is 6.04 Å². The fourth-order valence-corrected chi connectivity index (χ4v) is 0.979. The molecule has 4 N–H and O–H groups in total. The summed E-state index contributed by atoms with van der Waals surface area (Å²) in [5.41, 5.74) is 0. The van der Waals surface area contributed by atoms with Gasteiger partial charge in [0.25, 0.3) is 0 Å². The van der Waals surface area contributed by atoms with Gasteiger partial charge in [0, 0.05) is 7.05 Å². The van der Waals surface area contributed by atoms with E-state index in [1.807, 2.05) is 0 Å². The first-order valence-corrected chi connectivity index (χ1v) is 5.02. The second-order valence-corrected chi connectivity index (χ2v) is 3.48. The van der Waals surface area contributed by atoms with Gasteiger partial charge in [-0.05, 0) is 7.05 Å². The molecule has 0 heterocycles. The minimum absolute atomic E-state index is 0.375. The Morgan fingerprint density at radius 2 is 2.08 bits per heavy atom. The number of phosphoric ester groups is 1. The van der Waals surface area contributed by atoms with Crippen LogP contribution in [0.5, 0.6) is 0 Å². The van der Waals surface area contributed by atoms with Crippen LogP contribution in [0, 0.1) is 0 Å². The summed E-state index contributed by atoms with van der Waals surface area (Å²) in [4.78, 5) is 27.6. The molecular formula is C5H13N2O5P. The van der Waals surface area contributed by atoms with Crippen LogP contribution in [-0.2, 0) is 13.9 Å². The first-order valence-electron chi connectivity index (χ1n) is 3.49. The molecule has 0 aromatic carbocycles. The van der Waals surface area contributed by atoms with Gasteiger partial charge in [-0.25, -0.2) is 4.57 Å². The lowest BCUT2D eigenvalue weighted by molar-refractivity contribution is -0.123. The largest absolute Gasteiger partial charge is 0.469 e. The normalized spacial score (nSPS) is 13.8. The molecule has 13 heavy (non-hydrogen) atoms. The minimum Gasteiger partial charge on any atom is -0.358 e. The third-order valence-corrected chi connectivity index (χ3v) is 1.81. The van der Waals surface area contributed by atoms with Gasteiger partial charge in [-0.3, -0.25) is 9.32 Å². The molecule has 0 saturated heterocycles. The van der Waals surface area contributed by atoms with Crippen LogP contribution < -0.4 is 10.6 Å². The van der Waals surface area contributed by atoms with Gasteiger partial charge in [0.15, 0.2) is 0 Å². The molecule has 0 spiro atoms. The quantitative estimate of drug-likeness (QED) is 0.410. The smallest absolute Gasteiger partial charge is 0.358 e. The summed E-state index contributed by atoms with van der Waals surface area (Å²) in [5, 5.41) is 4.86. The molecule has 0 rings (SSSR count). The fourth-order valence-electron chi connectivity index (χ4n) is 0.636. The van der Waals surface area contributed by atoms with Crippen LogP contribution in [0.3, 0.4) is 0 Å². The van der Waals surface area contributed by atoms with E-state index in [9.17, 15) is 9.36 Å². The van der Waals surface area contributed by atoms with Gasteiger partial charge >= 0.3 is 7.82 Å². The van der Waals surface area contributed by atoms with Crippen molar-refractivity contribution >= 4 is 13.7 Å². The lowest BCUT2D eigenvalue weighted by Crippen LogP contribution is -2.44. The second-order valence-electron chi connectivity index (χ2n) is 2.24. The van der Waals surface area contributed by atoms with Gasteiger partial charge in [0.1, 0.15) is 6.04 Å². The molecule has 0 unspecified atom stereocenters. The zero-order chi connectivity index (χ0) is 10.5. The molecule has 1 atom stereocenters. The molecule has 0 aliphatic carbocycles. The van der Waals surface area contributed by atoms with Crippen molar-refractivity contribution in [1.82, 2.24) is 10.6 Å². The fraction of sp³-hybridized carbons (Fsp3) is 0.800. The van der Waals surface area contributed by atoms with Gasteiger partial charge < -0.3 is 20.4 Å². The highest BCUT2D eigenvalue weighted by Crippen LogP contribution is 2.35. The summed E-state index contributed by atoms with van der Waals surface area (Å²) in [6.07, 6.45) is 0. The zero-order valence-corrected chi connectivity index (χ0v) is 8.25. The molecular weight excluding hydrogens is 199 g/mol. The summed E-state index contributed by atoms with van der Waals surface area (Å²) in [6.45, 7) is -0.375. The van der Waals surface area contributed by atoms with Crippen LogP contribution >= 0.6 is 7.82 Å². The van der Waals surface area contributed by atoms with Crippen LogP contribution in [0.2, 0.25) is 0 Å². The minimum atomic E-state index is -4.50. The molecule has 0 aliphatic rings. The number of likely N-dealkylation sites (N-methyl/N-ethyl adjacent to an activating group) is 2. The highest BCUT2D eigenvalue weighted by molar-refractivity contribution is 7.46. The molecule has 8 heteroatoms. The molecule has 1 amide bonds. The number of amides is 1. The standard InChI is InChI=1S/C5H13N2O5P/c1-6-4(5(8)7-2)3-12-13(9,10)11/h4,6H,3H2,1-2H3,(H,7,8)(H2,9,10,11)/t4-/m0/s1. The summed E-state index contributed by atoms with van der Waals surface area (Å²) >= 11 is 0. The van der Waals surface area contributed by atoms with E-state index in [0.29, 0.717) is 0 Å². The maximum absolute atomic E-state index is 11.0. The van der Waals surface area contributed by atoms with Gasteiger partial charge in [-0.2, -0.15) is 0 Å². The third-order valence-electron chi connectivity index (χ3n) is 1.32. The molecule has 78 valence electrons. The lowest BCUT2D eigenvalue weighted by Gasteiger charge is -2.14. The highest BCUT2D eigenvalue weighted by Gasteiger charge is 2.21. The summed E-state index contributed by atoms with van der Waals surface area (Å²) < 4.78 is 14.4. The summed E-state index contributed by atoms with van der Waals surface area (Å²) in [7, 11) is -1.59. The van der Waals surface area contributed by atoms with Crippen molar-refractivity contribution < 1.29 is 23.7 Å². The SMILES string of the molecule is CNC(=O)[C@H](COP(=O)(O)O)NC. The number of nitrogens with one attached hydrogen (secondary N) is 2. The Hall–Kier alpha value is -0.460. The van der Waals surface area contributed by atoms with Crippen molar-refractivity contribution in [3.8, 4) is 0 Å². The predicted molar refractivity (Wildman–Crippen MR) is 44.9 cm³/mol. The van der Waals surface area contributed by atoms with Crippen LogP contribution in [0.1, 0.15) is 0 Å². The van der Waals surface area contributed by atoms with E-state index in [0.717, 1.165) is 0 Å². The average Bonchev–Trinajstić information content (AvgIpc) is 2.03. The Morgan fingerprint density at radius 3 is 2.38 bits per heavy atom. The van der Waals surface area contributed by atoms with Crippen molar-refractivity contribution in [3.05, 3.63) is 0 Å². The van der Waals surface area contributed by atoms with Crippen LogP contribution in [0.15, 0.2) is 0 Å². The molecule has 0 aliphatic heterocycles. The zero-order valence-electron chi connectivity index (χ0n) is 7.35. The monoisotopic (exact) mass is 212 g/mol. The number of carbonyl (C=O) groups excluding carboxylic acids is 1. The number of phosphoric acid groups is 1. The molecule has 7 nitrogen and oxygen atoms in total. The third kappa shape index (κ3) is 5.73. The molecule has 0 aromatic heterocycles. The average molecular weight is 212 g/mol. The predicted octanol–water partition coefficient (Wildman–Crippen LogP) is -1.57. The number of hydrogen-bond acceptors (Lipinski definition) is 4. The van der Waals surface area contributed by atoms with Crippen LogP contribution in [0.4, 0.5) is 0 Å². The maximum atomic E-state index is 11.0. The van der Waals surface area contributed by atoms with Crippen molar-refractivity contribution in [1.29, 1.82) is 0 Å². The van der Waals surface area contributed by atoms with Gasteiger partial charge in [0.2, 0.25) is 5.91 Å². The van der Waals surface area contributed by atoms with E-state index in [1.165, 1.54) is 14.1 Å². The Morgan fingerprint density at radius 1 is 1.54 bits per heavy atom. The second kappa shape index (κ2) is 5.31. The first kappa shape index (κ1) is 12.5. The number of hydrogen-bond donors (Lipinski definition) is 4. The topological polar surface area (TPSA) is 108 Å². The molecule has 0 fully saturated rings. The van der Waals surface area contributed by atoms with E-state index in [4.69, 9.17) is 9.79 Å². The Labute approximate surface area is 75.7 Å². The summed E-state index contributed by atoms with van der Waals surface area (Å²) in [5.74, 6) is -0.393. The maximum Gasteiger partial charge on any atom is 0.469 e. The van der Waals surface area contributed by atoms with E-state index >= 15 is 0 Å². The van der Waals surface area contributed by atoms with Crippen molar-refractivity contribution in [2.75, 3.05) is 20.7 Å². The summed E-state index contributed by atoms with van der Waals surface area (Å²) in [6, 6.07) is -0.766. The Bertz CT molecular complexity index is 215. The number of carbonyl (C=O) groups is 1. The van der Waals surface area contributed by atoms with Crippen molar-refractivity contribution in [3.63, 3.8) is 0 Å². The highest BCUT2D eigenvalue weighted by atomic mass is 31.2. The van der Waals surface area contributed by atoms with Crippen molar-refractivity contribution in [2.24, 2.45) is 0 Å². The van der Waals surface area contributed by atoms with Gasteiger partial charge in [-0.15, -0.1) is 0 Å². The van der Waals surface area contributed by atoms with E-state index in [2.05, 4.69) is 15.2 Å². The first-order chi connectivity index (χ1) is 5.90. The molecule has 0 radical (unpaired) electrons. The van der Waals surface area contributed by atoms with Gasteiger partial charge in [-0.1, -0.05) is 0 Å².